The Morgan fingerprint density at radius 3 is 2.32 bits per heavy atom. The van der Waals surface area contributed by atoms with Crippen LogP contribution in [-0.4, -0.2) is 22.2 Å². The van der Waals surface area contributed by atoms with E-state index in [1.54, 1.807) is 12.1 Å². The molecule has 0 fully saturated rings. The third kappa shape index (κ3) is 4.45. The number of carbonyl (C=O) groups is 1. The van der Waals surface area contributed by atoms with E-state index in [2.05, 4.69) is 36.7 Å². The Kier molecular flexibility index (Phi) is 5.14. The van der Waals surface area contributed by atoms with Gasteiger partial charge in [0.05, 0.1) is 0 Å². The zero-order valence-electron chi connectivity index (χ0n) is 13.8. The Labute approximate surface area is 153 Å². The lowest BCUT2D eigenvalue weighted by molar-refractivity contribution is 0.250. The molecule has 0 unspecified atom stereocenters. The highest BCUT2D eigenvalue weighted by Crippen LogP contribution is 2.24. The number of benzene rings is 2. The van der Waals surface area contributed by atoms with Crippen LogP contribution in [0, 0.1) is 0 Å². The van der Waals surface area contributed by atoms with E-state index in [4.69, 9.17) is 4.52 Å². The third-order valence-corrected chi connectivity index (χ3v) is 3.87. The molecular weight excluding hydrogens is 384 g/mol. The van der Waals surface area contributed by atoms with Gasteiger partial charge in [-0.25, -0.2) is 4.79 Å². The van der Waals surface area contributed by atoms with Gasteiger partial charge in [0.2, 0.25) is 5.82 Å². The third-order valence-electron chi connectivity index (χ3n) is 3.34. The van der Waals surface area contributed by atoms with E-state index in [-0.39, 0.29) is 12.1 Å². The van der Waals surface area contributed by atoms with Gasteiger partial charge >= 0.3 is 6.03 Å². The first-order valence-electron chi connectivity index (χ1n) is 7.79. The second kappa shape index (κ2) is 7.48. The SMILES string of the molecule is CC(C)NC(=O)Nc1ccc(-c2noc(-c3ccc(Br)cc3)n2)cc1. The quantitative estimate of drug-likeness (QED) is 0.665. The van der Waals surface area contributed by atoms with Crippen molar-refractivity contribution in [3.63, 3.8) is 0 Å². The Bertz CT molecular complexity index is 858. The summed E-state index contributed by atoms with van der Waals surface area (Å²) in [6.45, 7) is 3.81. The van der Waals surface area contributed by atoms with Gasteiger partial charge in [-0.3, -0.25) is 0 Å². The minimum absolute atomic E-state index is 0.0793. The Balaban J connectivity index is 1.72. The maximum absolute atomic E-state index is 11.7. The number of carbonyl (C=O) groups excluding carboxylic acids is 1. The first kappa shape index (κ1) is 17.2. The van der Waals surface area contributed by atoms with Crippen molar-refractivity contribution in [1.29, 1.82) is 0 Å². The van der Waals surface area contributed by atoms with Crippen LogP contribution in [0.25, 0.3) is 22.8 Å². The van der Waals surface area contributed by atoms with Gasteiger partial charge in [-0.05, 0) is 62.4 Å². The highest BCUT2D eigenvalue weighted by molar-refractivity contribution is 9.10. The molecule has 7 heteroatoms. The molecule has 3 rings (SSSR count). The number of urea groups is 1. The average Bonchev–Trinajstić information content (AvgIpc) is 3.05. The number of hydrogen-bond acceptors (Lipinski definition) is 4. The normalized spacial score (nSPS) is 10.7. The topological polar surface area (TPSA) is 80.0 Å². The molecular formula is C18H17BrN4O2. The van der Waals surface area contributed by atoms with E-state index >= 15 is 0 Å². The van der Waals surface area contributed by atoms with Crippen LogP contribution in [-0.2, 0) is 0 Å². The molecule has 3 aromatic rings. The molecule has 2 aromatic carbocycles. The van der Waals surface area contributed by atoms with E-state index in [1.807, 2.05) is 50.2 Å². The lowest BCUT2D eigenvalue weighted by Gasteiger charge is -2.10. The van der Waals surface area contributed by atoms with E-state index in [1.165, 1.54) is 0 Å². The number of anilines is 1. The molecule has 6 nitrogen and oxygen atoms in total. The molecule has 2 amide bonds. The van der Waals surface area contributed by atoms with Crippen LogP contribution < -0.4 is 10.6 Å². The molecule has 2 N–H and O–H groups in total. The van der Waals surface area contributed by atoms with Crippen LogP contribution in [0.3, 0.4) is 0 Å². The van der Waals surface area contributed by atoms with E-state index < -0.39 is 0 Å². The number of aromatic nitrogens is 2. The molecule has 0 spiro atoms. The Morgan fingerprint density at radius 2 is 1.68 bits per heavy atom. The highest BCUT2D eigenvalue weighted by Gasteiger charge is 2.11. The number of hydrogen-bond donors (Lipinski definition) is 2. The number of nitrogens with one attached hydrogen (secondary N) is 2. The molecule has 0 radical (unpaired) electrons. The van der Waals surface area contributed by atoms with Gasteiger partial charge in [0.1, 0.15) is 0 Å². The fourth-order valence-electron chi connectivity index (χ4n) is 2.18. The van der Waals surface area contributed by atoms with Gasteiger partial charge < -0.3 is 15.2 Å². The van der Waals surface area contributed by atoms with Gasteiger partial charge in [0.25, 0.3) is 5.89 Å². The van der Waals surface area contributed by atoms with Crippen LogP contribution in [0.2, 0.25) is 0 Å². The fraction of sp³-hybridized carbons (Fsp3) is 0.167. The van der Waals surface area contributed by atoms with E-state index in [0.717, 1.165) is 15.6 Å². The summed E-state index contributed by atoms with van der Waals surface area (Å²) in [4.78, 5) is 16.1. The summed E-state index contributed by atoms with van der Waals surface area (Å²) in [5, 5.41) is 9.56. The standard InChI is InChI=1S/C18H17BrN4O2/c1-11(2)20-18(24)21-15-9-5-12(6-10-15)16-22-17(25-23-16)13-3-7-14(19)8-4-13/h3-11H,1-2H3,(H2,20,21,24). The van der Waals surface area contributed by atoms with Gasteiger partial charge in [-0.15, -0.1) is 0 Å². The van der Waals surface area contributed by atoms with Gasteiger partial charge in [0.15, 0.2) is 0 Å². The lowest BCUT2D eigenvalue weighted by atomic mass is 10.2. The summed E-state index contributed by atoms with van der Waals surface area (Å²) in [6, 6.07) is 14.8. The van der Waals surface area contributed by atoms with Gasteiger partial charge in [-0.2, -0.15) is 4.98 Å². The maximum Gasteiger partial charge on any atom is 0.319 e. The summed E-state index contributed by atoms with van der Waals surface area (Å²) in [5.41, 5.74) is 2.35. The number of amides is 2. The van der Waals surface area contributed by atoms with Crippen LogP contribution in [0.5, 0.6) is 0 Å². The molecule has 1 aromatic heterocycles. The Morgan fingerprint density at radius 1 is 1.04 bits per heavy atom. The van der Waals surface area contributed by atoms with E-state index in [9.17, 15) is 4.79 Å². The zero-order valence-corrected chi connectivity index (χ0v) is 15.4. The van der Waals surface area contributed by atoms with Gasteiger partial charge in [0, 0.05) is 27.3 Å². The smallest absolute Gasteiger partial charge is 0.319 e. The van der Waals surface area contributed by atoms with Crippen molar-refractivity contribution in [3.8, 4) is 22.8 Å². The Hall–Kier alpha value is -2.67. The first-order valence-corrected chi connectivity index (χ1v) is 8.58. The van der Waals surface area contributed by atoms with Crippen molar-refractivity contribution in [2.75, 3.05) is 5.32 Å². The summed E-state index contributed by atoms with van der Waals surface area (Å²) in [6.07, 6.45) is 0. The molecule has 0 atom stereocenters. The largest absolute Gasteiger partial charge is 0.336 e. The molecule has 0 aliphatic carbocycles. The summed E-state index contributed by atoms with van der Waals surface area (Å²) in [7, 11) is 0. The molecule has 0 aliphatic heterocycles. The minimum Gasteiger partial charge on any atom is -0.336 e. The van der Waals surface area contributed by atoms with Crippen LogP contribution >= 0.6 is 15.9 Å². The first-order chi connectivity index (χ1) is 12.0. The average molecular weight is 401 g/mol. The van der Waals surface area contributed by atoms with Crippen molar-refractivity contribution >= 4 is 27.6 Å². The summed E-state index contributed by atoms with van der Waals surface area (Å²) < 4.78 is 6.31. The van der Waals surface area contributed by atoms with Crippen LogP contribution in [0.15, 0.2) is 57.5 Å². The molecule has 0 saturated heterocycles. The van der Waals surface area contributed by atoms with Gasteiger partial charge in [-0.1, -0.05) is 21.1 Å². The summed E-state index contributed by atoms with van der Waals surface area (Å²) >= 11 is 3.40. The maximum atomic E-state index is 11.7. The second-order valence-corrected chi connectivity index (χ2v) is 6.68. The number of halogens is 1. The van der Waals surface area contributed by atoms with Crippen molar-refractivity contribution in [3.05, 3.63) is 53.0 Å². The number of rotatable bonds is 4. The molecule has 128 valence electrons. The van der Waals surface area contributed by atoms with Crippen molar-refractivity contribution in [2.45, 2.75) is 19.9 Å². The van der Waals surface area contributed by atoms with Crippen LogP contribution in [0.1, 0.15) is 13.8 Å². The molecule has 1 heterocycles. The summed E-state index contributed by atoms with van der Waals surface area (Å²) in [5.74, 6) is 0.956. The molecule has 0 saturated carbocycles. The zero-order chi connectivity index (χ0) is 17.8. The fourth-order valence-corrected chi connectivity index (χ4v) is 2.45. The minimum atomic E-state index is -0.236. The number of nitrogens with zero attached hydrogens (tertiary/aromatic N) is 2. The predicted molar refractivity (Wildman–Crippen MR) is 100 cm³/mol. The predicted octanol–water partition coefficient (Wildman–Crippen LogP) is 4.70. The van der Waals surface area contributed by atoms with Crippen LogP contribution in [0.4, 0.5) is 10.5 Å². The molecule has 0 aliphatic rings. The van der Waals surface area contributed by atoms with Crippen molar-refractivity contribution < 1.29 is 9.32 Å². The molecule has 0 bridgehead atoms. The van der Waals surface area contributed by atoms with Crippen molar-refractivity contribution in [2.24, 2.45) is 0 Å². The second-order valence-electron chi connectivity index (χ2n) is 5.76. The molecule has 25 heavy (non-hydrogen) atoms. The monoisotopic (exact) mass is 400 g/mol. The highest BCUT2D eigenvalue weighted by atomic mass is 79.9. The van der Waals surface area contributed by atoms with Crippen molar-refractivity contribution in [1.82, 2.24) is 15.5 Å². The lowest BCUT2D eigenvalue weighted by Crippen LogP contribution is -2.34. The van der Waals surface area contributed by atoms with E-state index in [0.29, 0.717) is 17.4 Å².